The molecule has 0 spiro atoms. The van der Waals surface area contributed by atoms with Gasteiger partial charge >= 0.3 is 0 Å². The third-order valence-electron chi connectivity index (χ3n) is 4.02. The molecule has 0 saturated heterocycles. The van der Waals surface area contributed by atoms with Gasteiger partial charge in [-0.25, -0.2) is 4.98 Å². The summed E-state index contributed by atoms with van der Waals surface area (Å²) in [4.78, 5) is 13.5. The van der Waals surface area contributed by atoms with E-state index in [1.165, 1.54) is 5.82 Å². The number of hydrogen-bond acceptors (Lipinski definition) is 4. The molecule has 0 amide bonds. The normalized spacial score (nSPS) is 17.5. The highest BCUT2D eigenvalue weighted by Gasteiger charge is 2.20. The van der Waals surface area contributed by atoms with E-state index >= 15 is 0 Å². The van der Waals surface area contributed by atoms with Crippen LogP contribution in [0.5, 0.6) is 0 Å². The Morgan fingerprint density at radius 2 is 2.27 bits per heavy atom. The number of imidazole rings is 1. The number of rotatable bonds is 2. The van der Waals surface area contributed by atoms with E-state index in [2.05, 4.69) is 47.0 Å². The summed E-state index contributed by atoms with van der Waals surface area (Å²) in [5.41, 5.74) is 3.95. The van der Waals surface area contributed by atoms with Gasteiger partial charge in [-0.1, -0.05) is 0 Å². The summed E-state index contributed by atoms with van der Waals surface area (Å²) in [6.07, 6.45) is 7.86. The summed E-state index contributed by atoms with van der Waals surface area (Å²) >= 11 is 3.44. The second-order valence-electron chi connectivity index (χ2n) is 5.71. The first kappa shape index (κ1) is 13.7. The number of halogens is 1. The summed E-state index contributed by atoms with van der Waals surface area (Å²) in [6.45, 7) is 2.99. The second kappa shape index (κ2) is 5.35. The molecule has 3 aromatic rings. The van der Waals surface area contributed by atoms with Gasteiger partial charge in [-0.05, 0) is 41.4 Å². The number of anilines is 1. The van der Waals surface area contributed by atoms with E-state index in [-0.39, 0.29) is 0 Å². The third-order valence-corrected chi connectivity index (χ3v) is 4.45. The average Bonchev–Trinajstić information content (AvgIpc) is 2.86. The minimum atomic E-state index is 0.386. The smallest absolute Gasteiger partial charge is 0.112 e. The lowest BCUT2D eigenvalue weighted by Crippen LogP contribution is -2.31. The van der Waals surface area contributed by atoms with Crippen LogP contribution in [0.25, 0.3) is 11.0 Å². The molecule has 1 unspecified atom stereocenters. The summed E-state index contributed by atoms with van der Waals surface area (Å²) in [7, 11) is 0. The molecule has 22 heavy (non-hydrogen) atoms. The standard InChI is InChI=1S/C16H16BrN5/c1-10-8-22-9-12(2-3-15(22)20-10)21-13-4-5-18-14-6-11(17)7-19-16(13)14/h4-8,12H,2-3,9H2,1H3,(H,18,21). The van der Waals surface area contributed by atoms with E-state index in [9.17, 15) is 0 Å². The van der Waals surface area contributed by atoms with E-state index in [1.807, 2.05) is 31.5 Å². The molecule has 0 bridgehead atoms. The van der Waals surface area contributed by atoms with Gasteiger partial charge in [0.05, 0.1) is 16.9 Å². The zero-order chi connectivity index (χ0) is 15.1. The van der Waals surface area contributed by atoms with Crippen molar-refractivity contribution in [2.75, 3.05) is 5.32 Å². The number of hydrogen-bond donors (Lipinski definition) is 1. The Hall–Kier alpha value is -1.95. The molecule has 4 rings (SSSR count). The van der Waals surface area contributed by atoms with E-state index in [0.29, 0.717) is 6.04 Å². The van der Waals surface area contributed by atoms with Gasteiger partial charge in [-0.2, -0.15) is 0 Å². The van der Waals surface area contributed by atoms with Crippen molar-refractivity contribution in [1.82, 2.24) is 19.5 Å². The van der Waals surface area contributed by atoms with Crippen molar-refractivity contribution in [2.45, 2.75) is 32.4 Å². The van der Waals surface area contributed by atoms with Crippen molar-refractivity contribution < 1.29 is 0 Å². The third kappa shape index (κ3) is 2.47. The van der Waals surface area contributed by atoms with Crippen LogP contribution in [-0.4, -0.2) is 25.6 Å². The monoisotopic (exact) mass is 357 g/mol. The minimum absolute atomic E-state index is 0.386. The van der Waals surface area contributed by atoms with Gasteiger partial charge < -0.3 is 9.88 Å². The van der Waals surface area contributed by atoms with Crippen molar-refractivity contribution in [3.05, 3.63) is 46.7 Å². The predicted molar refractivity (Wildman–Crippen MR) is 89.9 cm³/mol. The average molecular weight is 358 g/mol. The molecule has 0 saturated carbocycles. The highest BCUT2D eigenvalue weighted by Crippen LogP contribution is 2.25. The molecule has 112 valence electrons. The maximum Gasteiger partial charge on any atom is 0.112 e. The van der Waals surface area contributed by atoms with Crippen molar-refractivity contribution in [1.29, 1.82) is 0 Å². The first-order valence-corrected chi connectivity index (χ1v) is 8.18. The van der Waals surface area contributed by atoms with Crippen molar-refractivity contribution in [2.24, 2.45) is 0 Å². The molecule has 3 aromatic heterocycles. The highest BCUT2D eigenvalue weighted by atomic mass is 79.9. The SMILES string of the molecule is Cc1cn2c(n1)CCC(Nc1ccnc3cc(Br)cnc13)C2. The van der Waals surface area contributed by atoms with Crippen molar-refractivity contribution in [3.63, 3.8) is 0 Å². The minimum Gasteiger partial charge on any atom is -0.379 e. The van der Waals surface area contributed by atoms with Crippen LogP contribution < -0.4 is 5.32 Å². The van der Waals surface area contributed by atoms with Crippen LogP contribution in [0.4, 0.5) is 5.69 Å². The van der Waals surface area contributed by atoms with Crippen LogP contribution in [0.15, 0.2) is 35.2 Å². The van der Waals surface area contributed by atoms with E-state index in [4.69, 9.17) is 0 Å². The topological polar surface area (TPSA) is 55.6 Å². The number of aryl methyl sites for hydroxylation is 2. The molecule has 0 aliphatic carbocycles. The molecule has 0 fully saturated rings. The van der Waals surface area contributed by atoms with Crippen LogP contribution in [0, 0.1) is 6.92 Å². The zero-order valence-corrected chi connectivity index (χ0v) is 13.8. The molecule has 4 heterocycles. The van der Waals surface area contributed by atoms with E-state index in [1.54, 1.807) is 0 Å². The summed E-state index contributed by atoms with van der Waals surface area (Å²) in [5.74, 6) is 1.19. The number of fused-ring (bicyclic) bond motifs is 2. The molecule has 5 nitrogen and oxygen atoms in total. The Labute approximate surface area is 136 Å². The maximum atomic E-state index is 4.56. The largest absolute Gasteiger partial charge is 0.379 e. The second-order valence-corrected chi connectivity index (χ2v) is 6.63. The first-order valence-electron chi connectivity index (χ1n) is 7.38. The van der Waals surface area contributed by atoms with Gasteiger partial charge in [0.1, 0.15) is 11.3 Å². The molecule has 1 aliphatic rings. The fraction of sp³-hybridized carbons (Fsp3) is 0.312. The lowest BCUT2D eigenvalue weighted by Gasteiger charge is -2.25. The Bertz CT molecular complexity index is 842. The quantitative estimate of drug-likeness (QED) is 0.764. The van der Waals surface area contributed by atoms with Gasteiger partial charge in [0, 0.05) is 42.1 Å². The van der Waals surface area contributed by atoms with Gasteiger partial charge in [0.2, 0.25) is 0 Å². The summed E-state index contributed by atoms with van der Waals surface area (Å²) < 4.78 is 3.20. The molecule has 1 N–H and O–H groups in total. The maximum absolute atomic E-state index is 4.56. The molecule has 1 aliphatic heterocycles. The van der Waals surface area contributed by atoms with E-state index in [0.717, 1.165) is 46.3 Å². The molecule has 0 aromatic carbocycles. The fourth-order valence-electron chi connectivity index (χ4n) is 3.05. The lowest BCUT2D eigenvalue weighted by molar-refractivity contribution is 0.477. The highest BCUT2D eigenvalue weighted by molar-refractivity contribution is 9.10. The lowest BCUT2D eigenvalue weighted by atomic mass is 10.1. The predicted octanol–water partition coefficient (Wildman–Crippen LogP) is 3.32. The fourth-order valence-corrected chi connectivity index (χ4v) is 3.37. The van der Waals surface area contributed by atoms with Crippen molar-refractivity contribution in [3.8, 4) is 0 Å². The Kier molecular flexibility index (Phi) is 3.33. The Morgan fingerprint density at radius 3 is 3.18 bits per heavy atom. The van der Waals surface area contributed by atoms with Crippen LogP contribution in [-0.2, 0) is 13.0 Å². The Morgan fingerprint density at radius 1 is 1.36 bits per heavy atom. The molecular formula is C16H16BrN5. The number of pyridine rings is 2. The molecule has 1 atom stereocenters. The van der Waals surface area contributed by atoms with Crippen LogP contribution in [0.3, 0.4) is 0 Å². The van der Waals surface area contributed by atoms with Gasteiger partial charge in [-0.15, -0.1) is 0 Å². The molecular weight excluding hydrogens is 342 g/mol. The van der Waals surface area contributed by atoms with Gasteiger partial charge in [-0.3, -0.25) is 9.97 Å². The Balaban J connectivity index is 1.62. The van der Waals surface area contributed by atoms with Crippen LogP contribution in [0.1, 0.15) is 17.9 Å². The summed E-state index contributed by atoms with van der Waals surface area (Å²) in [6, 6.07) is 4.38. The van der Waals surface area contributed by atoms with E-state index < -0.39 is 0 Å². The van der Waals surface area contributed by atoms with Crippen LogP contribution >= 0.6 is 15.9 Å². The van der Waals surface area contributed by atoms with Crippen LogP contribution in [0.2, 0.25) is 0 Å². The summed E-state index contributed by atoms with van der Waals surface area (Å²) in [5, 5.41) is 3.63. The van der Waals surface area contributed by atoms with Gasteiger partial charge in [0.15, 0.2) is 0 Å². The number of aromatic nitrogens is 4. The van der Waals surface area contributed by atoms with Crippen molar-refractivity contribution >= 4 is 32.7 Å². The number of nitrogens with one attached hydrogen (secondary N) is 1. The van der Waals surface area contributed by atoms with Gasteiger partial charge in [0.25, 0.3) is 0 Å². The zero-order valence-electron chi connectivity index (χ0n) is 12.3. The molecule has 6 heteroatoms. The number of nitrogens with zero attached hydrogens (tertiary/aromatic N) is 4. The molecule has 0 radical (unpaired) electrons. The first-order chi connectivity index (χ1) is 10.7.